The smallest absolute Gasteiger partial charge is 0.257 e. The summed E-state index contributed by atoms with van der Waals surface area (Å²) in [5.74, 6) is 0.297. The molecule has 1 aromatic carbocycles. The van der Waals surface area contributed by atoms with Gasteiger partial charge in [0.1, 0.15) is 17.6 Å². The van der Waals surface area contributed by atoms with Gasteiger partial charge in [0.15, 0.2) is 17.3 Å². The van der Waals surface area contributed by atoms with Crippen molar-refractivity contribution in [3.8, 4) is 23.1 Å². The first-order valence-electron chi connectivity index (χ1n) is 9.34. The lowest BCUT2D eigenvalue weighted by molar-refractivity contribution is 0.385. The van der Waals surface area contributed by atoms with Gasteiger partial charge in [0.2, 0.25) is 0 Å². The Bertz CT molecular complexity index is 1190. The summed E-state index contributed by atoms with van der Waals surface area (Å²) in [7, 11) is 1.35. The Kier molecular flexibility index (Phi) is 4.89. The van der Waals surface area contributed by atoms with Crippen molar-refractivity contribution in [2.45, 2.75) is 39.2 Å². The number of rotatable bonds is 4. The molecule has 0 radical (unpaired) electrons. The average Bonchev–Trinajstić information content (AvgIpc) is 3.19. The van der Waals surface area contributed by atoms with Crippen LogP contribution in [0.4, 0.5) is 4.39 Å². The molecular weight excluding hydrogens is 375 g/mol. The maximum absolute atomic E-state index is 13.9. The van der Waals surface area contributed by atoms with Crippen LogP contribution in [0.5, 0.6) is 5.75 Å². The number of methoxy groups -OCH3 is 1. The number of hydrogen-bond acceptors (Lipinski definition) is 6. The van der Waals surface area contributed by atoms with Crippen molar-refractivity contribution in [1.82, 2.24) is 14.7 Å². The van der Waals surface area contributed by atoms with E-state index in [2.05, 4.69) is 10.1 Å². The third-order valence-corrected chi connectivity index (χ3v) is 5.19. The summed E-state index contributed by atoms with van der Waals surface area (Å²) in [6, 6.07) is 6.08. The maximum Gasteiger partial charge on any atom is 0.257 e. The fourth-order valence-corrected chi connectivity index (χ4v) is 3.68. The van der Waals surface area contributed by atoms with E-state index in [-0.39, 0.29) is 23.4 Å². The first kappa shape index (κ1) is 18.9. The van der Waals surface area contributed by atoms with Crippen molar-refractivity contribution < 1.29 is 13.7 Å². The van der Waals surface area contributed by atoms with Gasteiger partial charge in [-0.2, -0.15) is 5.26 Å². The number of aromatic nitrogens is 3. The van der Waals surface area contributed by atoms with Crippen molar-refractivity contribution in [2.24, 2.45) is 0 Å². The molecule has 4 rings (SSSR count). The van der Waals surface area contributed by atoms with E-state index in [9.17, 15) is 14.4 Å². The molecule has 0 N–H and O–H groups in total. The number of nitriles is 1. The minimum atomic E-state index is -0.630. The van der Waals surface area contributed by atoms with Crippen LogP contribution >= 0.6 is 0 Å². The quantitative estimate of drug-likeness (QED) is 0.675. The van der Waals surface area contributed by atoms with Gasteiger partial charge in [0, 0.05) is 17.2 Å². The second-order valence-corrected chi connectivity index (χ2v) is 7.01. The SMILES string of the molecule is COc1cc(-c2cc(Cn3c(C)nc4c(c3=O)CCCC4)no2)c(C#N)cc1F. The Morgan fingerprint density at radius 1 is 1.31 bits per heavy atom. The molecule has 29 heavy (non-hydrogen) atoms. The molecule has 0 fully saturated rings. The molecule has 0 saturated heterocycles. The third kappa shape index (κ3) is 3.40. The molecule has 0 saturated carbocycles. The van der Waals surface area contributed by atoms with Crippen LogP contribution in [0.2, 0.25) is 0 Å². The molecule has 0 unspecified atom stereocenters. The van der Waals surface area contributed by atoms with E-state index < -0.39 is 5.82 Å². The zero-order chi connectivity index (χ0) is 20.5. The fraction of sp³-hybridized carbons (Fsp3) is 0.333. The highest BCUT2D eigenvalue weighted by Gasteiger charge is 2.20. The van der Waals surface area contributed by atoms with E-state index in [1.54, 1.807) is 17.6 Å². The minimum Gasteiger partial charge on any atom is -0.494 e. The molecule has 0 atom stereocenters. The number of hydrogen-bond donors (Lipinski definition) is 0. The van der Waals surface area contributed by atoms with Crippen LogP contribution in [0.1, 0.15) is 41.2 Å². The molecule has 1 aliphatic rings. The second kappa shape index (κ2) is 7.51. The van der Waals surface area contributed by atoms with E-state index in [4.69, 9.17) is 9.26 Å². The molecule has 3 aromatic rings. The fourth-order valence-electron chi connectivity index (χ4n) is 3.68. The van der Waals surface area contributed by atoms with Crippen molar-refractivity contribution in [1.29, 1.82) is 5.26 Å². The number of fused-ring (bicyclic) bond motifs is 1. The first-order valence-corrected chi connectivity index (χ1v) is 9.34. The Morgan fingerprint density at radius 2 is 2.10 bits per heavy atom. The van der Waals surface area contributed by atoms with E-state index in [1.165, 1.54) is 13.2 Å². The number of benzene rings is 1. The molecule has 1 aliphatic carbocycles. The van der Waals surface area contributed by atoms with Crippen LogP contribution in [-0.2, 0) is 19.4 Å². The standard InChI is InChI=1S/C21H19FN4O3/c1-12-24-18-6-4-3-5-15(18)21(27)26(12)11-14-8-19(29-25-14)16-9-20(28-2)17(22)7-13(16)10-23/h7-9H,3-6,11H2,1-2H3. The lowest BCUT2D eigenvalue weighted by Gasteiger charge is -2.17. The van der Waals surface area contributed by atoms with Crippen molar-refractivity contribution in [3.05, 3.63) is 62.7 Å². The van der Waals surface area contributed by atoms with E-state index >= 15 is 0 Å². The van der Waals surface area contributed by atoms with Gasteiger partial charge >= 0.3 is 0 Å². The van der Waals surface area contributed by atoms with E-state index in [0.717, 1.165) is 43.0 Å². The summed E-state index contributed by atoms with van der Waals surface area (Å²) in [6.07, 6.45) is 3.62. The Morgan fingerprint density at radius 3 is 2.86 bits per heavy atom. The van der Waals surface area contributed by atoms with E-state index in [1.807, 2.05) is 6.07 Å². The lowest BCUT2D eigenvalue weighted by Crippen LogP contribution is -2.31. The summed E-state index contributed by atoms with van der Waals surface area (Å²) in [5, 5.41) is 13.4. The number of halogens is 1. The summed E-state index contributed by atoms with van der Waals surface area (Å²) >= 11 is 0. The van der Waals surface area contributed by atoms with Crippen molar-refractivity contribution in [3.63, 3.8) is 0 Å². The van der Waals surface area contributed by atoms with Gasteiger partial charge in [-0.25, -0.2) is 9.37 Å². The summed E-state index contributed by atoms with van der Waals surface area (Å²) in [4.78, 5) is 17.5. The Labute approximate surface area is 166 Å². The van der Waals surface area contributed by atoms with Crippen LogP contribution in [0.3, 0.4) is 0 Å². The van der Waals surface area contributed by atoms with Crippen molar-refractivity contribution >= 4 is 0 Å². The zero-order valence-corrected chi connectivity index (χ0v) is 16.2. The first-order chi connectivity index (χ1) is 14.0. The average molecular weight is 394 g/mol. The van der Waals surface area contributed by atoms with Crippen LogP contribution in [-0.4, -0.2) is 21.8 Å². The second-order valence-electron chi connectivity index (χ2n) is 7.01. The van der Waals surface area contributed by atoms with Gasteiger partial charge in [0.25, 0.3) is 5.56 Å². The van der Waals surface area contributed by atoms with Gasteiger partial charge < -0.3 is 9.26 Å². The third-order valence-electron chi connectivity index (χ3n) is 5.19. The van der Waals surface area contributed by atoms with E-state index in [0.29, 0.717) is 22.8 Å². The highest BCUT2D eigenvalue weighted by Crippen LogP contribution is 2.30. The number of aryl methyl sites for hydroxylation is 2. The Balaban J connectivity index is 1.70. The van der Waals surface area contributed by atoms with Crippen LogP contribution in [0.15, 0.2) is 27.5 Å². The number of ether oxygens (including phenoxy) is 1. The number of nitrogens with zero attached hydrogens (tertiary/aromatic N) is 4. The van der Waals surface area contributed by atoms with Crippen LogP contribution in [0, 0.1) is 24.1 Å². The molecule has 8 heteroatoms. The molecule has 2 heterocycles. The molecule has 0 spiro atoms. The van der Waals surface area contributed by atoms with Crippen molar-refractivity contribution in [2.75, 3.05) is 7.11 Å². The van der Waals surface area contributed by atoms with Gasteiger partial charge in [-0.1, -0.05) is 5.16 Å². The largest absolute Gasteiger partial charge is 0.494 e. The van der Waals surface area contributed by atoms with Gasteiger partial charge in [-0.15, -0.1) is 0 Å². The molecule has 2 aromatic heterocycles. The molecule has 0 bridgehead atoms. The summed E-state index contributed by atoms with van der Waals surface area (Å²) in [6.45, 7) is 2.00. The maximum atomic E-state index is 13.9. The summed E-state index contributed by atoms with van der Waals surface area (Å²) < 4.78 is 25.8. The van der Waals surface area contributed by atoms with Gasteiger partial charge in [0.05, 0.1) is 24.9 Å². The lowest BCUT2D eigenvalue weighted by atomic mass is 9.97. The van der Waals surface area contributed by atoms with Crippen LogP contribution in [0.25, 0.3) is 11.3 Å². The monoisotopic (exact) mass is 394 g/mol. The predicted molar refractivity (Wildman–Crippen MR) is 102 cm³/mol. The summed E-state index contributed by atoms with van der Waals surface area (Å²) in [5.41, 5.74) is 2.62. The molecule has 0 amide bonds. The van der Waals surface area contributed by atoms with Gasteiger partial charge in [-0.05, 0) is 44.7 Å². The van der Waals surface area contributed by atoms with Crippen LogP contribution < -0.4 is 10.3 Å². The molecule has 0 aliphatic heterocycles. The highest BCUT2D eigenvalue weighted by molar-refractivity contribution is 5.68. The predicted octanol–water partition coefficient (Wildman–Crippen LogP) is 3.15. The topological polar surface area (TPSA) is 93.9 Å². The molecular formula is C21H19FN4O3. The Hall–Kier alpha value is -3.47. The highest BCUT2D eigenvalue weighted by atomic mass is 19.1. The molecule has 148 valence electrons. The normalized spacial score (nSPS) is 13.0. The zero-order valence-electron chi connectivity index (χ0n) is 16.2. The van der Waals surface area contributed by atoms with Gasteiger partial charge in [-0.3, -0.25) is 9.36 Å². The minimum absolute atomic E-state index is 0.00269. The molecule has 7 nitrogen and oxygen atoms in total.